The minimum atomic E-state index is -0.714. The van der Waals surface area contributed by atoms with Crippen molar-refractivity contribution in [1.29, 1.82) is 0 Å². The smallest absolute Gasteiger partial charge is 0.306 e. The molecule has 3 N–H and O–H groups in total. The zero-order chi connectivity index (χ0) is 20.0. The van der Waals surface area contributed by atoms with Gasteiger partial charge in [-0.25, -0.2) is 0 Å². The van der Waals surface area contributed by atoms with Crippen LogP contribution in [-0.4, -0.2) is 39.3 Å². The first-order valence-corrected chi connectivity index (χ1v) is 10.6. The van der Waals surface area contributed by atoms with Gasteiger partial charge in [-0.3, -0.25) is 9.59 Å². The number of aliphatic carboxylic acids is 1. The van der Waals surface area contributed by atoms with E-state index < -0.39 is 12.1 Å². The van der Waals surface area contributed by atoms with Crippen molar-refractivity contribution in [3.05, 3.63) is 12.2 Å². The number of allylic oxidation sites excluding steroid dienone is 2. The highest BCUT2D eigenvalue weighted by molar-refractivity contribution is 5.84. The lowest BCUT2D eigenvalue weighted by atomic mass is 9.84. The number of Topliss-reactive ketones (excluding diaryl/α,β-unsaturated/α-hetero) is 1. The Balaban J connectivity index is 1.78. The molecular formula is C22H36O5. The monoisotopic (exact) mass is 380 g/mol. The van der Waals surface area contributed by atoms with E-state index in [0.717, 1.165) is 32.1 Å². The predicted octanol–water partition coefficient (Wildman–Crippen LogP) is 3.58. The number of unbranched alkanes of at least 4 members (excludes halogenated alkanes) is 1. The molecule has 0 aromatic rings. The average molecular weight is 381 g/mol. The van der Waals surface area contributed by atoms with Crippen LogP contribution in [0.1, 0.15) is 71.6 Å². The van der Waals surface area contributed by atoms with Gasteiger partial charge in [0, 0.05) is 12.3 Å². The summed E-state index contributed by atoms with van der Waals surface area (Å²) in [6.45, 7) is 4.21. The maximum Gasteiger partial charge on any atom is 0.306 e. The zero-order valence-corrected chi connectivity index (χ0v) is 16.7. The Morgan fingerprint density at radius 2 is 1.96 bits per heavy atom. The van der Waals surface area contributed by atoms with Gasteiger partial charge in [0.05, 0.1) is 18.1 Å². The summed E-state index contributed by atoms with van der Waals surface area (Å²) in [7, 11) is 0. The number of rotatable bonds is 12. The zero-order valence-electron chi connectivity index (χ0n) is 16.7. The van der Waals surface area contributed by atoms with Gasteiger partial charge < -0.3 is 15.3 Å². The van der Waals surface area contributed by atoms with Crippen LogP contribution in [0, 0.1) is 29.6 Å². The fourth-order valence-electron chi connectivity index (χ4n) is 4.41. The molecule has 7 atom stereocenters. The Bertz CT molecular complexity index is 529. The molecule has 0 heterocycles. The number of carboxylic acids is 1. The van der Waals surface area contributed by atoms with Crippen molar-refractivity contribution in [3.8, 4) is 0 Å². The normalized spacial score (nSPS) is 32.7. The van der Waals surface area contributed by atoms with Gasteiger partial charge in [-0.15, -0.1) is 0 Å². The topological polar surface area (TPSA) is 94.8 Å². The number of aliphatic hydroxyl groups excluding tert-OH is 2. The lowest BCUT2D eigenvalue weighted by Crippen LogP contribution is -2.24. The molecule has 27 heavy (non-hydrogen) atoms. The SMILES string of the molecule is CCCC[C@@H](C)[C@H](O)CC[C@H]1[C@H](O)CC(=O)[C@@H]1CC=CC[C@@H]1C[C@H]1C(=O)O. The molecule has 0 bridgehead atoms. The summed E-state index contributed by atoms with van der Waals surface area (Å²) in [5.41, 5.74) is 0. The minimum Gasteiger partial charge on any atom is -0.481 e. The molecule has 0 aliphatic heterocycles. The summed E-state index contributed by atoms with van der Waals surface area (Å²) in [6, 6.07) is 0. The van der Waals surface area contributed by atoms with Crippen molar-refractivity contribution in [3.63, 3.8) is 0 Å². The molecule has 0 amide bonds. The Morgan fingerprint density at radius 1 is 1.26 bits per heavy atom. The molecule has 2 aliphatic carbocycles. The van der Waals surface area contributed by atoms with E-state index in [2.05, 4.69) is 13.8 Å². The van der Waals surface area contributed by atoms with E-state index in [0.29, 0.717) is 19.3 Å². The Morgan fingerprint density at radius 3 is 2.59 bits per heavy atom. The molecule has 154 valence electrons. The second kappa shape index (κ2) is 10.4. The Kier molecular flexibility index (Phi) is 8.49. The van der Waals surface area contributed by atoms with E-state index in [-0.39, 0.29) is 47.9 Å². The second-order valence-electron chi connectivity index (χ2n) is 8.66. The number of hydrogen-bond acceptors (Lipinski definition) is 4. The lowest BCUT2D eigenvalue weighted by Gasteiger charge is -2.24. The number of carboxylic acid groups (broad SMARTS) is 1. The fraction of sp³-hybridized carbons (Fsp3) is 0.818. The molecular weight excluding hydrogens is 344 g/mol. The summed E-state index contributed by atoms with van der Waals surface area (Å²) in [5.74, 6) is -0.576. The first-order valence-electron chi connectivity index (χ1n) is 10.6. The van der Waals surface area contributed by atoms with Crippen molar-refractivity contribution in [2.24, 2.45) is 29.6 Å². The van der Waals surface area contributed by atoms with E-state index in [1.165, 1.54) is 0 Å². The molecule has 2 aliphatic rings. The molecule has 0 aromatic heterocycles. The number of aliphatic hydroxyl groups is 2. The predicted molar refractivity (Wildman–Crippen MR) is 104 cm³/mol. The van der Waals surface area contributed by atoms with Crippen LogP contribution in [-0.2, 0) is 9.59 Å². The lowest BCUT2D eigenvalue weighted by molar-refractivity contribution is -0.138. The molecule has 2 fully saturated rings. The van der Waals surface area contributed by atoms with Gasteiger partial charge in [-0.05, 0) is 56.3 Å². The fourth-order valence-corrected chi connectivity index (χ4v) is 4.41. The third-order valence-electron chi connectivity index (χ3n) is 6.54. The molecule has 0 saturated heterocycles. The molecule has 0 unspecified atom stereocenters. The van der Waals surface area contributed by atoms with Gasteiger partial charge in [0.2, 0.25) is 0 Å². The highest BCUT2D eigenvalue weighted by atomic mass is 16.4. The van der Waals surface area contributed by atoms with Crippen molar-refractivity contribution in [2.75, 3.05) is 0 Å². The van der Waals surface area contributed by atoms with E-state index in [1.54, 1.807) is 0 Å². The summed E-state index contributed by atoms with van der Waals surface area (Å²) in [5, 5.41) is 29.6. The standard InChI is InChI=1S/C22H36O5/c1-3-4-7-14(2)19(23)11-10-17-16(20(24)13-21(17)25)9-6-5-8-15-12-18(15)22(26)27/h5-6,14-19,21,23,25H,3-4,7-13H2,1-2H3,(H,26,27)/t14-,15-,16-,17-,18-,19-,21-/m1/s1. The highest BCUT2D eigenvalue weighted by Gasteiger charge is 2.42. The maximum atomic E-state index is 12.3. The summed E-state index contributed by atoms with van der Waals surface area (Å²) in [4.78, 5) is 23.1. The van der Waals surface area contributed by atoms with Crippen LogP contribution >= 0.6 is 0 Å². The molecule has 2 rings (SSSR count). The van der Waals surface area contributed by atoms with Gasteiger partial charge in [-0.1, -0.05) is 38.8 Å². The van der Waals surface area contributed by atoms with Gasteiger partial charge >= 0.3 is 5.97 Å². The molecule has 0 radical (unpaired) electrons. The van der Waals surface area contributed by atoms with Crippen molar-refractivity contribution in [1.82, 2.24) is 0 Å². The largest absolute Gasteiger partial charge is 0.481 e. The maximum absolute atomic E-state index is 12.3. The van der Waals surface area contributed by atoms with Crippen molar-refractivity contribution in [2.45, 2.75) is 83.8 Å². The van der Waals surface area contributed by atoms with Crippen LogP contribution in [0.5, 0.6) is 0 Å². The highest BCUT2D eigenvalue weighted by Crippen LogP contribution is 2.42. The summed E-state index contributed by atoms with van der Waals surface area (Å²) in [6.07, 6.45) is 9.85. The van der Waals surface area contributed by atoms with E-state index in [9.17, 15) is 19.8 Å². The van der Waals surface area contributed by atoms with E-state index in [1.807, 2.05) is 12.2 Å². The summed E-state index contributed by atoms with van der Waals surface area (Å²) >= 11 is 0. The van der Waals surface area contributed by atoms with Gasteiger partial charge in [0.25, 0.3) is 0 Å². The molecule has 0 aromatic carbocycles. The molecule has 5 heteroatoms. The van der Waals surface area contributed by atoms with Crippen LogP contribution < -0.4 is 0 Å². The van der Waals surface area contributed by atoms with Gasteiger partial charge in [0.15, 0.2) is 0 Å². The van der Waals surface area contributed by atoms with Crippen LogP contribution in [0.2, 0.25) is 0 Å². The Hall–Kier alpha value is -1.20. The van der Waals surface area contributed by atoms with Crippen LogP contribution in [0.15, 0.2) is 12.2 Å². The first-order chi connectivity index (χ1) is 12.8. The van der Waals surface area contributed by atoms with Crippen molar-refractivity contribution < 1.29 is 24.9 Å². The van der Waals surface area contributed by atoms with Crippen molar-refractivity contribution >= 4 is 11.8 Å². The van der Waals surface area contributed by atoms with E-state index in [4.69, 9.17) is 5.11 Å². The first kappa shape index (κ1) is 22.1. The second-order valence-corrected chi connectivity index (χ2v) is 8.66. The van der Waals surface area contributed by atoms with Crippen LogP contribution in [0.4, 0.5) is 0 Å². The van der Waals surface area contributed by atoms with Crippen LogP contribution in [0.3, 0.4) is 0 Å². The average Bonchev–Trinajstić information content (AvgIpc) is 3.35. The third kappa shape index (κ3) is 6.42. The molecule has 2 saturated carbocycles. The van der Waals surface area contributed by atoms with E-state index >= 15 is 0 Å². The third-order valence-corrected chi connectivity index (χ3v) is 6.54. The molecule has 0 spiro atoms. The quantitative estimate of drug-likeness (QED) is 0.450. The number of ketones is 1. The summed E-state index contributed by atoms with van der Waals surface area (Å²) < 4.78 is 0. The number of carbonyl (C=O) groups is 2. The number of hydrogen-bond donors (Lipinski definition) is 3. The minimum absolute atomic E-state index is 0.0807. The molecule has 5 nitrogen and oxygen atoms in total. The van der Waals surface area contributed by atoms with Gasteiger partial charge in [0.1, 0.15) is 5.78 Å². The Labute approximate surface area is 162 Å². The van der Waals surface area contributed by atoms with Crippen LogP contribution in [0.25, 0.3) is 0 Å². The number of carbonyl (C=O) groups excluding carboxylic acids is 1. The van der Waals surface area contributed by atoms with Gasteiger partial charge in [-0.2, -0.15) is 0 Å².